The summed E-state index contributed by atoms with van der Waals surface area (Å²) in [4.78, 5) is 23.1. The number of carboxylic acid groups (broad SMARTS) is 1. The first-order valence-corrected chi connectivity index (χ1v) is 8.08. The topological polar surface area (TPSA) is 88.8 Å². The molecule has 6 heteroatoms. The highest BCUT2D eigenvalue weighted by atomic mass is 16.5. The van der Waals surface area contributed by atoms with E-state index in [-0.39, 0.29) is 24.0 Å². The molecule has 2 aromatic carbocycles. The summed E-state index contributed by atoms with van der Waals surface area (Å²) in [7, 11) is 0. The van der Waals surface area contributed by atoms with Gasteiger partial charge in [-0.05, 0) is 22.3 Å². The summed E-state index contributed by atoms with van der Waals surface area (Å²) in [5.74, 6) is -1.65. The standard InChI is InChI=1S/C20H15NO5/c22-19(23)18-17(9-10-25-18)21-20(24)26-11-16-14-7-3-1-5-12(14)13-6-2-4-8-15(13)16/h1-10,16H,11H2,(H,21,24)(H,22,23). The van der Waals surface area contributed by atoms with Crippen molar-refractivity contribution in [3.05, 3.63) is 77.7 Å². The van der Waals surface area contributed by atoms with E-state index in [4.69, 9.17) is 14.3 Å². The molecular formula is C20H15NO5. The highest BCUT2D eigenvalue weighted by Gasteiger charge is 2.29. The van der Waals surface area contributed by atoms with E-state index in [1.165, 1.54) is 12.3 Å². The van der Waals surface area contributed by atoms with Crippen LogP contribution in [0.15, 0.2) is 65.3 Å². The molecule has 3 aromatic rings. The van der Waals surface area contributed by atoms with E-state index in [9.17, 15) is 9.59 Å². The van der Waals surface area contributed by atoms with E-state index in [1.807, 2.05) is 36.4 Å². The van der Waals surface area contributed by atoms with E-state index >= 15 is 0 Å². The van der Waals surface area contributed by atoms with Crippen molar-refractivity contribution < 1.29 is 23.8 Å². The molecular weight excluding hydrogens is 334 g/mol. The molecule has 6 nitrogen and oxygen atoms in total. The minimum Gasteiger partial charge on any atom is -0.475 e. The second-order valence-electron chi connectivity index (χ2n) is 5.92. The largest absolute Gasteiger partial charge is 0.475 e. The van der Waals surface area contributed by atoms with Gasteiger partial charge in [0.15, 0.2) is 0 Å². The quantitative estimate of drug-likeness (QED) is 0.731. The van der Waals surface area contributed by atoms with Gasteiger partial charge >= 0.3 is 12.1 Å². The number of hydrogen-bond acceptors (Lipinski definition) is 4. The molecule has 26 heavy (non-hydrogen) atoms. The molecule has 1 aliphatic rings. The molecule has 1 aromatic heterocycles. The number of furan rings is 1. The van der Waals surface area contributed by atoms with E-state index in [0.29, 0.717) is 0 Å². The number of ether oxygens (including phenoxy) is 1. The molecule has 0 bridgehead atoms. The van der Waals surface area contributed by atoms with Crippen LogP contribution in [0.2, 0.25) is 0 Å². The average molecular weight is 349 g/mol. The van der Waals surface area contributed by atoms with Crippen molar-refractivity contribution in [2.24, 2.45) is 0 Å². The lowest BCUT2D eigenvalue weighted by Gasteiger charge is -2.14. The average Bonchev–Trinajstić information content (AvgIpc) is 3.23. The third-order valence-electron chi connectivity index (χ3n) is 4.44. The molecule has 0 saturated heterocycles. The van der Waals surface area contributed by atoms with Crippen LogP contribution < -0.4 is 5.32 Å². The van der Waals surface area contributed by atoms with Gasteiger partial charge in [0, 0.05) is 12.0 Å². The SMILES string of the molecule is O=C(Nc1ccoc1C(=O)O)OCC1c2ccccc2-c2ccccc21. The van der Waals surface area contributed by atoms with Crippen molar-refractivity contribution >= 4 is 17.7 Å². The number of aromatic carboxylic acids is 1. The summed E-state index contributed by atoms with van der Waals surface area (Å²) in [5, 5.41) is 11.4. The van der Waals surface area contributed by atoms with E-state index in [1.54, 1.807) is 0 Å². The summed E-state index contributed by atoms with van der Waals surface area (Å²) < 4.78 is 10.2. The molecule has 1 amide bonds. The summed E-state index contributed by atoms with van der Waals surface area (Å²) >= 11 is 0. The third-order valence-corrected chi connectivity index (χ3v) is 4.44. The van der Waals surface area contributed by atoms with Crippen LogP contribution in [-0.4, -0.2) is 23.8 Å². The van der Waals surface area contributed by atoms with Crippen molar-refractivity contribution in [2.75, 3.05) is 11.9 Å². The minimum absolute atomic E-state index is 0.0588. The zero-order valence-electron chi connectivity index (χ0n) is 13.6. The Morgan fingerprint density at radius 3 is 2.23 bits per heavy atom. The predicted octanol–water partition coefficient (Wildman–Crippen LogP) is 4.34. The summed E-state index contributed by atoms with van der Waals surface area (Å²) in [6.45, 7) is 0.153. The Bertz CT molecular complexity index is 946. The van der Waals surface area contributed by atoms with Gasteiger partial charge in [-0.15, -0.1) is 0 Å². The molecule has 2 N–H and O–H groups in total. The van der Waals surface area contributed by atoms with Crippen LogP contribution >= 0.6 is 0 Å². The van der Waals surface area contributed by atoms with Gasteiger partial charge in [0.25, 0.3) is 0 Å². The number of benzene rings is 2. The van der Waals surface area contributed by atoms with Gasteiger partial charge in [0.2, 0.25) is 5.76 Å². The Hall–Kier alpha value is -3.54. The molecule has 4 rings (SSSR count). The van der Waals surface area contributed by atoms with E-state index in [2.05, 4.69) is 17.4 Å². The molecule has 1 aliphatic carbocycles. The second-order valence-corrected chi connectivity index (χ2v) is 5.92. The predicted molar refractivity (Wildman–Crippen MR) is 94.4 cm³/mol. The van der Waals surface area contributed by atoms with Crippen LogP contribution in [0, 0.1) is 0 Å². The number of hydrogen-bond donors (Lipinski definition) is 2. The Balaban J connectivity index is 1.50. The monoisotopic (exact) mass is 349 g/mol. The smallest absolute Gasteiger partial charge is 0.411 e. The molecule has 0 fully saturated rings. The second kappa shape index (κ2) is 6.40. The van der Waals surface area contributed by atoms with E-state index in [0.717, 1.165) is 22.3 Å². The molecule has 0 atom stereocenters. The van der Waals surface area contributed by atoms with Crippen molar-refractivity contribution in [3.63, 3.8) is 0 Å². The van der Waals surface area contributed by atoms with Gasteiger partial charge in [-0.25, -0.2) is 9.59 Å². The van der Waals surface area contributed by atoms with Gasteiger partial charge in [0.1, 0.15) is 6.61 Å². The molecule has 0 spiro atoms. The van der Waals surface area contributed by atoms with Crippen molar-refractivity contribution in [2.45, 2.75) is 5.92 Å². The lowest BCUT2D eigenvalue weighted by Crippen LogP contribution is -2.18. The Morgan fingerprint density at radius 2 is 1.62 bits per heavy atom. The normalized spacial score (nSPS) is 12.3. The number of amides is 1. The maximum atomic E-state index is 12.1. The maximum absolute atomic E-state index is 12.1. The van der Waals surface area contributed by atoms with E-state index < -0.39 is 12.1 Å². The fourth-order valence-electron chi connectivity index (χ4n) is 3.32. The Kier molecular flexibility index (Phi) is 3.93. The molecule has 0 saturated carbocycles. The first-order valence-electron chi connectivity index (χ1n) is 8.08. The highest BCUT2D eigenvalue weighted by molar-refractivity contribution is 5.96. The molecule has 1 heterocycles. The number of nitrogens with one attached hydrogen (secondary N) is 1. The van der Waals surface area contributed by atoms with Crippen LogP contribution in [0.4, 0.5) is 10.5 Å². The minimum atomic E-state index is -1.26. The fourth-order valence-corrected chi connectivity index (χ4v) is 3.32. The molecule has 0 radical (unpaired) electrons. The zero-order chi connectivity index (χ0) is 18.1. The summed E-state index contributed by atoms with van der Waals surface area (Å²) in [5.41, 5.74) is 4.56. The van der Waals surface area contributed by atoms with Crippen molar-refractivity contribution in [3.8, 4) is 11.1 Å². The highest BCUT2D eigenvalue weighted by Crippen LogP contribution is 2.44. The van der Waals surface area contributed by atoms with Gasteiger partial charge in [-0.3, -0.25) is 5.32 Å². The zero-order valence-corrected chi connectivity index (χ0v) is 13.6. The van der Waals surface area contributed by atoms with Crippen LogP contribution in [-0.2, 0) is 4.74 Å². The number of rotatable bonds is 4. The first-order chi connectivity index (χ1) is 12.6. The summed E-state index contributed by atoms with van der Waals surface area (Å²) in [6, 6.07) is 17.4. The van der Waals surface area contributed by atoms with Crippen molar-refractivity contribution in [1.29, 1.82) is 0 Å². The third kappa shape index (κ3) is 2.71. The van der Waals surface area contributed by atoms with Gasteiger partial charge in [-0.2, -0.15) is 0 Å². The number of anilines is 1. The Labute approximate surface area is 149 Å². The Morgan fingerprint density at radius 1 is 1.00 bits per heavy atom. The fraction of sp³-hybridized carbons (Fsp3) is 0.100. The maximum Gasteiger partial charge on any atom is 0.411 e. The van der Waals surface area contributed by atoms with Gasteiger partial charge in [0.05, 0.1) is 12.0 Å². The molecule has 0 aliphatic heterocycles. The van der Waals surface area contributed by atoms with Crippen LogP contribution in [0.5, 0.6) is 0 Å². The van der Waals surface area contributed by atoms with Gasteiger partial charge < -0.3 is 14.3 Å². The molecule has 130 valence electrons. The van der Waals surface area contributed by atoms with Crippen molar-refractivity contribution in [1.82, 2.24) is 0 Å². The summed E-state index contributed by atoms with van der Waals surface area (Å²) in [6.07, 6.45) is 0.471. The van der Waals surface area contributed by atoms with Gasteiger partial charge in [-0.1, -0.05) is 48.5 Å². The number of carboxylic acids is 1. The molecule has 0 unspecified atom stereocenters. The number of carbonyl (C=O) groups is 2. The number of fused-ring (bicyclic) bond motifs is 3. The number of carbonyl (C=O) groups excluding carboxylic acids is 1. The van der Waals surface area contributed by atoms with Crippen LogP contribution in [0.25, 0.3) is 11.1 Å². The first kappa shape index (κ1) is 16.0. The van der Waals surface area contributed by atoms with Crippen LogP contribution in [0.1, 0.15) is 27.6 Å². The lowest BCUT2D eigenvalue weighted by atomic mass is 9.98. The lowest BCUT2D eigenvalue weighted by molar-refractivity contribution is 0.0664. The van der Waals surface area contributed by atoms with Crippen LogP contribution in [0.3, 0.4) is 0 Å².